The topological polar surface area (TPSA) is 101 Å². The maximum atomic E-state index is 14.4. The van der Waals surface area contributed by atoms with E-state index in [4.69, 9.17) is 19.7 Å². The van der Waals surface area contributed by atoms with Crippen LogP contribution < -0.4 is 5.73 Å². The second kappa shape index (κ2) is 9.41. The van der Waals surface area contributed by atoms with Crippen molar-refractivity contribution in [2.75, 3.05) is 24.9 Å². The quantitative estimate of drug-likeness (QED) is 0.472. The SMILES string of the molecule is C=C(N=CC)c1ncn(C2OC(OCP(=O)(CCC)OCC)C=C2F)c1N. The third-order valence-corrected chi connectivity index (χ3v) is 6.20. The summed E-state index contributed by atoms with van der Waals surface area (Å²) in [4.78, 5) is 8.14. The Morgan fingerprint density at radius 2 is 2.33 bits per heavy atom. The largest absolute Gasteiger partial charge is 0.383 e. The Morgan fingerprint density at radius 3 is 2.96 bits per heavy atom. The van der Waals surface area contributed by atoms with Crippen LogP contribution in [-0.4, -0.2) is 41.2 Å². The lowest BCUT2D eigenvalue weighted by Gasteiger charge is -2.20. The number of ether oxygens (including phenoxy) is 2. The molecule has 2 N–H and O–H groups in total. The number of hydrogen-bond acceptors (Lipinski definition) is 7. The summed E-state index contributed by atoms with van der Waals surface area (Å²) in [5.74, 6) is -0.409. The van der Waals surface area contributed by atoms with Crippen molar-refractivity contribution in [1.29, 1.82) is 0 Å². The standard InChI is InChI=1S/C17H26FN4O4P/c1-5-8-27(23,25-7-3)11-24-14-9-13(18)17(26-14)22-10-21-15(16(22)19)12(4)20-6-2/h6,9-10,14,17H,4-5,7-8,11,19H2,1-3H3. The maximum Gasteiger partial charge on any atom is 0.228 e. The summed E-state index contributed by atoms with van der Waals surface area (Å²) in [6.07, 6.45) is 2.90. The van der Waals surface area contributed by atoms with E-state index in [1.807, 2.05) is 6.92 Å². The van der Waals surface area contributed by atoms with Gasteiger partial charge in [0.15, 0.2) is 18.3 Å². The molecule has 27 heavy (non-hydrogen) atoms. The summed E-state index contributed by atoms with van der Waals surface area (Å²) in [7, 11) is -2.93. The van der Waals surface area contributed by atoms with Gasteiger partial charge in [-0.3, -0.25) is 14.1 Å². The number of rotatable bonds is 10. The molecule has 0 fully saturated rings. The number of halogens is 1. The van der Waals surface area contributed by atoms with E-state index in [1.165, 1.54) is 17.0 Å². The van der Waals surface area contributed by atoms with E-state index in [9.17, 15) is 8.96 Å². The maximum absolute atomic E-state index is 14.4. The van der Waals surface area contributed by atoms with E-state index < -0.39 is 25.7 Å². The number of nitrogens with zero attached hydrogens (tertiary/aromatic N) is 3. The summed E-state index contributed by atoms with van der Waals surface area (Å²) in [5, 5.41) is 0. The van der Waals surface area contributed by atoms with Crippen LogP contribution in [0.25, 0.3) is 5.70 Å². The lowest BCUT2D eigenvalue weighted by Crippen LogP contribution is -2.18. The van der Waals surface area contributed by atoms with Crippen molar-refractivity contribution >= 4 is 25.1 Å². The van der Waals surface area contributed by atoms with E-state index >= 15 is 0 Å². The minimum Gasteiger partial charge on any atom is -0.383 e. The minimum atomic E-state index is -2.93. The van der Waals surface area contributed by atoms with Gasteiger partial charge in [-0.25, -0.2) is 9.37 Å². The Hall–Kier alpha value is -1.80. The van der Waals surface area contributed by atoms with Gasteiger partial charge in [0.25, 0.3) is 0 Å². The molecular formula is C17H26FN4O4P. The molecule has 1 aliphatic rings. The number of nitrogens with two attached hydrogens (primary N) is 1. The highest BCUT2D eigenvalue weighted by molar-refractivity contribution is 7.58. The second-order valence-electron chi connectivity index (χ2n) is 5.88. The van der Waals surface area contributed by atoms with E-state index in [0.29, 0.717) is 30.6 Å². The van der Waals surface area contributed by atoms with Gasteiger partial charge in [0.05, 0.1) is 18.6 Å². The monoisotopic (exact) mass is 400 g/mol. The van der Waals surface area contributed by atoms with Gasteiger partial charge in [-0.2, -0.15) is 0 Å². The molecule has 2 rings (SSSR count). The van der Waals surface area contributed by atoms with Crippen LogP contribution in [0.15, 0.2) is 29.8 Å². The molecule has 1 aromatic heterocycles. The van der Waals surface area contributed by atoms with Gasteiger partial charge >= 0.3 is 0 Å². The highest BCUT2D eigenvalue weighted by Gasteiger charge is 2.33. The number of anilines is 1. The van der Waals surface area contributed by atoms with Crippen LogP contribution in [0.3, 0.4) is 0 Å². The van der Waals surface area contributed by atoms with Crippen molar-refractivity contribution < 1.29 is 23.0 Å². The molecule has 0 radical (unpaired) electrons. The van der Waals surface area contributed by atoms with Gasteiger partial charge in [-0.1, -0.05) is 13.5 Å². The van der Waals surface area contributed by atoms with E-state index in [0.717, 1.165) is 0 Å². The second-order valence-corrected chi connectivity index (χ2v) is 8.47. The zero-order chi connectivity index (χ0) is 20.0. The summed E-state index contributed by atoms with van der Waals surface area (Å²) in [6.45, 7) is 9.49. The van der Waals surface area contributed by atoms with Gasteiger partial charge in [0.1, 0.15) is 17.9 Å². The zero-order valence-corrected chi connectivity index (χ0v) is 16.7. The molecule has 0 spiro atoms. The van der Waals surface area contributed by atoms with E-state index in [-0.39, 0.29) is 12.2 Å². The van der Waals surface area contributed by atoms with Crippen LogP contribution in [0.2, 0.25) is 0 Å². The third kappa shape index (κ3) is 5.13. The molecule has 8 nitrogen and oxygen atoms in total. The number of nitrogen functional groups attached to an aromatic ring is 1. The Labute approximate surface area is 158 Å². The molecule has 0 aliphatic carbocycles. The van der Waals surface area contributed by atoms with Crippen molar-refractivity contribution in [3.8, 4) is 0 Å². The molecule has 0 bridgehead atoms. The van der Waals surface area contributed by atoms with Crippen molar-refractivity contribution in [1.82, 2.24) is 9.55 Å². The van der Waals surface area contributed by atoms with Crippen LogP contribution >= 0.6 is 7.37 Å². The molecule has 0 amide bonds. The molecule has 0 saturated heterocycles. The fourth-order valence-corrected chi connectivity index (χ4v) is 4.51. The van der Waals surface area contributed by atoms with Crippen molar-refractivity contribution in [2.45, 2.75) is 39.7 Å². The first-order valence-corrected chi connectivity index (χ1v) is 10.7. The van der Waals surface area contributed by atoms with Crippen molar-refractivity contribution in [3.63, 3.8) is 0 Å². The first kappa shape index (κ1) is 21.5. The highest BCUT2D eigenvalue weighted by atomic mass is 31.2. The van der Waals surface area contributed by atoms with Gasteiger partial charge in [-0.15, -0.1) is 0 Å². The van der Waals surface area contributed by atoms with Gasteiger partial charge in [0, 0.05) is 18.5 Å². The normalized spacial score (nSPS) is 22.1. The van der Waals surface area contributed by atoms with Crippen LogP contribution in [0.5, 0.6) is 0 Å². The average Bonchev–Trinajstić information content (AvgIpc) is 3.16. The smallest absolute Gasteiger partial charge is 0.228 e. The van der Waals surface area contributed by atoms with Gasteiger partial charge < -0.3 is 19.7 Å². The van der Waals surface area contributed by atoms with Crippen LogP contribution in [0.1, 0.15) is 39.1 Å². The van der Waals surface area contributed by atoms with Crippen molar-refractivity contribution in [2.24, 2.45) is 4.99 Å². The van der Waals surface area contributed by atoms with Gasteiger partial charge in [-0.05, 0) is 20.3 Å². The molecule has 2 heterocycles. The molecule has 0 saturated carbocycles. The fraction of sp³-hybridized carbons (Fsp3) is 0.529. The molecule has 1 aromatic rings. The number of aromatic nitrogens is 2. The summed E-state index contributed by atoms with van der Waals surface area (Å²) >= 11 is 0. The molecule has 10 heteroatoms. The zero-order valence-electron chi connectivity index (χ0n) is 15.8. The molecule has 3 atom stereocenters. The Kier molecular flexibility index (Phi) is 7.49. The molecular weight excluding hydrogens is 374 g/mol. The first-order chi connectivity index (χ1) is 12.8. The average molecular weight is 400 g/mol. The van der Waals surface area contributed by atoms with Crippen LogP contribution in [0.4, 0.5) is 10.2 Å². The summed E-state index contributed by atoms with van der Waals surface area (Å²) in [6, 6.07) is 0. The number of imidazole rings is 1. The minimum absolute atomic E-state index is 0.150. The Balaban J connectivity index is 2.07. The first-order valence-electron chi connectivity index (χ1n) is 8.72. The van der Waals surface area contributed by atoms with E-state index in [1.54, 1.807) is 20.1 Å². The predicted octanol–water partition coefficient (Wildman–Crippen LogP) is 3.93. The van der Waals surface area contributed by atoms with Crippen molar-refractivity contribution in [3.05, 3.63) is 30.5 Å². The lowest BCUT2D eigenvalue weighted by atomic mass is 10.3. The lowest BCUT2D eigenvalue weighted by molar-refractivity contribution is -0.129. The summed E-state index contributed by atoms with van der Waals surface area (Å²) < 4.78 is 44.7. The Bertz CT molecular complexity index is 767. The predicted molar refractivity (Wildman–Crippen MR) is 103 cm³/mol. The molecule has 0 aromatic carbocycles. The number of hydrogen-bond donors (Lipinski definition) is 1. The molecule has 1 aliphatic heterocycles. The highest BCUT2D eigenvalue weighted by Crippen LogP contribution is 2.48. The van der Waals surface area contributed by atoms with Gasteiger partial charge in [0.2, 0.25) is 7.37 Å². The van der Waals surface area contributed by atoms with Crippen LogP contribution in [0, 0.1) is 0 Å². The number of aliphatic imine (C=N–C) groups is 1. The van der Waals surface area contributed by atoms with Crippen LogP contribution in [-0.2, 0) is 18.6 Å². The summed E-state index contributed by atoms with van der Waals surface area (Å²) in [5.41, 5.74) is 6.74. The Morgan fingerprint density at radius 1 is 1.59 bits per heavy atom. The fourth-order valence-electron chi connectivity index (χ4n) is 2.66. The molecule has 3 unspecified atom stereocenters. The third-order valence-electron chi connectivity index (χ3n) is 3.80. The molecule has 150 valence electrons. The van der Waals surface area contributed by atoms with E-state index in [2.05, 4.69) is 16.6 Å².